The average Bonchev–Trinajstić information content (AvgIpc) is 2.88. The van der Waals surface area contributed by atoms with Crippen LogP contribution >= 0.6 is 0 Å². The van der Waals surface area contributed by atoms with Crippen LogP contribution < -0.4 is 10.0 Å². The van der Waals surface area contributed by atoms with Crippen molar-refractivity contribution in [2.24, 2.45) is 0 Å². The number of benzene rings is 3. The van der Waals surface area contributed by atoms with E-state index in [0.29, 0.717) is 33.9 Å². The number of ether oxygens (including phenoxy) is 1. The van der Waals surface area contributed by atoms with E-state index in [-0.39, 0.29) is 11.5 Å². The van der Waals surface area contributed by atoms with E-state index in [1.54, 1.807) is 63.2 Å². The van der Waals surface area contributed by atoms with Crippen molar-refractivity contribution in [2.45, 2.75) is 31.2 Å². The number of nitrogens with one attached hydrogen (secondary N) is 2. The lowest BCUT2D eigenvalue weighted by Crippen LogP contribution is -2.46. The second-order valence-electron chi connectivity index (χ2n) is 9.26. The van der Waals surface area contributed by atoms with Crippen molar-refractivity contribution >= 4 is 38.3 Å². The van der Waals surface area contributed by atoms with E-state index in [2.05, 4.69) is 20.2 Å². The monoisotopic (exact) mass is 520 g/mol. The minimum atomic E-state index is -3.91. The number of aryl methyl sites for hydroxylation is 1. The van der Waals surface area contributed by atoms with Gasteiger partial charge in [0.1, 0.15) is 5.69 Å². The molecule has 4 rings (SSSR count). The highest BCUT2D eigenvalue weighted by Gasteiger charge is 2.27. The maximum atomic E-state index is 13.1. The van der Waals surface area contributed by atoms with Crippen molar-refractivity contribution in [3.05, 3.63) is 77.9 Å². The second-order valence-corrected chi connectivity index (χ2v) is 10.9. The highest BCUT2D eigenvalue weighted by molar-refractivity contribution is 7.89. The molecule has 192 valence electrons. The molecule has 3 aromatic carbocycles. The lowest BCUT2D eigenvalue weighted by Gasteiger charge is -2.24. The maximum Gasteiger partial charge on any atom is 0.337 e. The number of aliphatic hydroxyl groups excluding tert-OH is 1. The third-order valence-corrected chi connectivity index (χ3v) is 7.65. The number of hydrogen-bond acceptors (Lipinski definition) is 8. The van der Waals surface area contributed by atoms with Crippen LogP contribution in [-0.2, 0) is 14.8 Å². The van der Waals surface area contributed by atoms with Gasteiger partial charge in [-0.15, -0.1) is 10.2 Å². The Kier molecular flexibility index (Phi) is 7.26. The van der Waals surface area contributed by atoms with Crippen LogP contribution in [0.3, 0.4) is 0 Å². The van der Waals surface area contributed by atoms with Crippen LogP contribution in [0.4, 0.5) is 11.5 Å². The molecule has 9 nitrogen and oxygen atoms in total. The Labute approximate surface area is 215 Å². The van der Waals surface area contributed by atoms with Gasteiger partial charge < -0.3 is 15.2 Å². The summed E-state index contributed by atoms with van der Waals surface area (Å²) in [6.45, 7) is 4.59. The molecule has 0 aliphatic carbocycles. The summed E-state index contributed by atoms with van der Waals surface area (Å²) in [6, 6.07) is 19.4. The van der Waals surface area contributed by atoms with Crippen LogP contribution in [0.25, 0.3) is 22.0 Å². The normalized spacial score (nSPS) is 11.9. The largest absolute Gasteiger partial charge is 0.465 e. The summed E-state index contributed by atoms with van der Waals surface area (Å²) >= 11 is 0. The molecule has 0 aliphatic heterocycles. The predicted octanol–water partition coefficient (Wildman–Crippen LogP) is 4.18. The smallest absolute Gasteiger partial charge is 0.337 e. The van der Waals surface area contributed by atoms with Crippen molar-refractivity contribution in [3.8, 4) is 11.3 Å². The molecule has 1 heterocycles. The van der Waals surface area contributed by atoms with E-state index in [1.165, 1.54) is 7.11 Å². The zero-order valence-electron chi connectivity index (χ0n) is 20.9. The topological polar surface area (TPSA) is 131 Å². The maximum absolute atomic E-state index is 13.1. The number of aliphatic hydroxyl groups is 1. The SMILES string of the molecule is COC(=O)c1ccc(Nc2nnc(-c3ccc(C)c(S(=O)(=O)NC(C)(C)CO)c3)c3ccccc23)cc1. The Morgan fingerprint density at radius 1 is 1.00 bits per heavy atom. The van der Waals surface area contributed by atoms with Crippen LogP contribution in [0.1, 0.15) is 29.8 Å². The molecule has 0 bridgehead atoms. The van der Waals surface area contributed by atoms with E-state index >= 15 is 0 Å². The molecule has 0 fully saturated rings. The summed E-state index contributed by atoms with van der Waals surface area (Å²) in [5.41, 5.74) is 1.81. The fourth-order valence-corrected chi connectivity index (χ4v) is 5.52. The van der Waals surface area contributed by atoms with Gasteiger partial charge in [-0.25, -0.2) is 17.9 Å². The van der Waals surface area contributed by atoms with Gasteiger partial charge in [0.15, 0.2) is 5.82 Å². The molecule has 0 aliphatic rings. The number of methoxy groups -OCH3 is 1. The van der Waals surface area contributed by atoms with Gasteiger partial charge in [0.05, 0.1) is 29.7 Å². The van der Waals surface area contributed by atoms with E-state index in [9.17, 15) is 18.3 Å². The van der Waals surface area contributed by atoms with Crippen LogP contribution in [0.5, 0.6) is 0 Å². The first-order valence-electron chi connectivity index (χ1n) is 11.5. The van der Waals surface area contributed by atoms with Gasteiger partial charge >= 0.3 is 5.97 Å². The highest BCUT2D eigenvalue weighted by atomic mass is 32.2. The van der Waals surface area contributed by atoms with E-state index < -0.39 is 21.5 Å². The number of carbonyl (C=O) groups excluding carboxylic acids is 1. The van der Waals surface area contributed by atoms with E-state index in [0.717, 1.165) is 10.8 Å². The first-order valence-corrected chi connectivity index (χ1v) is 13.0. The standard InChI is InChI=1S/C27H28N4O5S/c1-17-9-10-19(15-23(17)37(34,35)31-27(2,3)16-32)24-21-7-5-6-8-22(21)25(30-29-24)28-20-13-11-18(12-14-20)26(33)36-4/h5-15,31-32H,16H2,1-4H3,(H,28,30). The minimum Gasteiger partial charge on any atom is -0.465 e. The summed E-state index contributed by atoms with van der Waals surface area (Å²) < 4.78 is 33.5. The Hall–Kier alpha value is -3.86. The molecule has 0 spiro atoms. The van der Waals surface area contributed by atoms with Gasteiger partial charge in [-0.2, -0.15) is 0 Å². The molecule has 0 radical (unpaired) electrons. The van der Waals surface area contributed by atoms with Crippen LogP contribution in [0.15, 0.2) is 71.6 Å². The lowest BCUT2D eigenvalue weighted by molar-refractivity contribution is 0.0600. The zero-order valence-corrected chi connectivity index (χ0v) is 21.8. The molecule has 0 saturated carbocycles. The number of esters is 1. The van der Waals surface area contributed by atoms with E-state index in [4.69, 9.17) is 4.74 Å². The van der Waals surface area contributed by atoms with Crippen LogP contribution in [0.2, 0.25) is 0 Å². The number of hydrogen-bond donors (Lipinski definition) is 3. The Morgan fingerprint density at radius 3 is 2.32 bits per heavy atom. The number of sulfonamides is 1. The van der Waals surface area contributed by atoms with Gasteiger partial charge in [-0.3, -0.25) is 0 Å². The molecule has 0 amide bonds. The Balaban J connectivity index is 1.74. The fraction of sp³-hybridized carbons (Fsp3) is 0.222. The Morgan fingerprint density at radius 2 is 1.68 bits per heavy atom. The van der Waals surface area contributed by atoms with Crippen molar-refractivity contribution in [2.75, 3.05) is 19.0 Å². The van der Waals surface area contributed by atoms with Gasteiger partial charge in [0.2, 0.25) is 10.0 Å². The summed E-state index contributed by atoms with van der Waals surface area (Å²) in [4.78, 5) is 11.8. The lowest BCUT2D eigenvalue weighted by atomic mass is 10.0. The molecular formula is C27H28N4O5S. The van der Waals surface area contributed by atoms with Gasteiger partial charge in [-0.1, -0.05) is 36.4 Å². The van der Waals surface area contributed by atoms with Crippen molar-refractivity contribution in [1.82, 2.24) is 14.9 Å². The molecule has 0 unspecified atom stereocenters. The number of fused-ring (bicyclic) bond motifs is 1. The van der Waals surface area contributed by atoms with Crippen LogP contribution in [-0.4, -0.2) is 48.9 Å². The molecule has 3 N–H and O–H groups in total. The number of anilines is 2. The molecule has 37 heavy (non-hydrogen) atoms. The molecule has 4 aromatic rings. The number of carbonyl (C=O) groups is 1. The van der Waals surface area contributed by atoms with Crippen molar-refractivity contribution in [3.63, 3.8) is 0 Å². The molecule has 0 atom stereocenters. The molecule has 0 saturated heterocycles. The quantitative estimate of drug-likeness (QED) is 0.295. The third kappa shape index (κ3) is 5.61. The van der Waals surface area contributed by atoms with Crippen LogP contribution in [0, 0.1) is 6.92 Å². The predicted molar refractivity (Wildman–Crippen MR) is 142 cm³/mol. The number of aromatic nitrogens is 2. The van der Waals surface area contributed by atoms with Gasteiger partial charge in [-0.05, 0) is 56.7 Å². The highest BCUT2D eigenvalue weighted by Crippen LogP contribution is 2.33. The Bertz CT molecular complexity index is 1570. The van der Waals surface area contributed by atoms with Gasteiger partial charge in [0, 0.05) is 22.0 Å². The van der Waals surface area contributed by atoms with Gasteiger partial charge in [0.25, 0.3) is 0 Å². The first kappa shape index (κ1) is 26.2. The van der Waals surface area contributed by atoms with Crippen molar-refractivity contribution in [1.29, 1.82) is 0 Å². The average molecular weight is 521 g/mol. The first-order chi connectivity index (χ1) is 17.5. The number of nitrogens with zero attached hydrogens (tertiary/aromatic N) is 2. The summed E-state index contributed by atoms with van der Waals surface area (Å²) in [5.74, 6) is 0.0900. The zero-order chi connectivity index (χ0) is 26.8. The molecular weight excluding hydrogens is 492 g/mol. The molecule has 10 heteroatoms. The summed E-state index contributed by atoms with van der Waals surface area (Å²) in [5, 5.41) is 23.2. The van der Waals surface area contributed by atoms with Crippen molar-refractivity contribution < 1.29 is 23.1 Å². The third-order valence-electron chi connectivity index (χ3n) is 5.81. The second kappa shape index (κ2) is 10.3. The van der Waals surface area contributed by atoms with E-state index in [1.807, 2.05) is 24.3 Å². The molecule has 1 aromatic heterocycles. The summed E-state index contributed by atoms with van der Waals surface area (Å²) in [7, 11) is -2.58. The number of rotatable bonds is 8. The minimum absolute atomic E-state index is 0.102. The fourth-order valence-electron chi connectivity index (χ4n) is 3.84. The summed E-state index contributed by atoms with van der Waals surface area (Å²) in [6.07, 6.45) is 0.